The van der Waals surface area contributed by atoms with Gasteiger partial charge < -0.3 is 20.5 Å². The van der Waals surface area contributed by atoms with Crippen molar-refractivity contribution in [3.05, 3.63) is 18.2 Å². The maximum Gasteiger partial charge on any atom is 0.144 e. The second-order valence-electron chi connectivity index (χ2n) is 5.70. The maximum absolute atomic E-state index is 5.92. The van der Waals surface area contributed by atoms with E-state index in [4.69, 9.17) is 15.2 Å². The SMILES string of the molecule is CCCOc1cc(NCC2(CCOC)CC2)ccc1N. The van der Waals surface area contributed by atoms with Gasteiger partial charge >= 0.3 is 0 Å². The van der Waals surface area contributed by atoms with Crippen molar-refractivity contribution in [3.63, 3.8) is 0 Å². The Labute approximate surface area is 121 Å². The second kappa shape index (κ2) is 6.84. The molecular weight excluding hydrogens is 252 g/mol. The van der Waals surface area contributed by atoms with Crippen molar-refractivity contribution in [2.75, 3.05) is 37.9 Å². The van der Waals surface area contributed by atoms with Gasteiger partial charge in [0, 0.05) is 32.0 Å². The van der Waals surface area contributed by atoms with E-state index in [1.807, 2.05) is 18.2 Å². The molecular formula is C16H26N2O2. The van der Waals surface area contributed by atoms with Crippen molar-refractivity contribution in [2.24, 2.45) is 5.41 Å². The van der Waals surface area contributed by atoms with Gasteiger partial charge in [0.1, 0.15) is 5.75 Å². The van der Waals surface area contributed by atoms with Gasteiger partial charge in [-0.05, 0) is 43.2 Å². The Kier molecular flexibility index (Phi) is 5.12. The number of hydrogen-bond donors (Lipinski definition) is 2. The summed E-state index contributed by atoms with van der Waals surface area (Å²) in [5.41, 5.74) is 8.13. The fourth-order valence-corrected chi connectivity index (χ4v) is 2.28. The standard InChI is InChI=1S/C16H26N2O2/c1-3-9-20-15-11-13(4-5-14(15)17)18-12-16(6-7-16)8-10-19-2/h4-5,11,18H,3,6-10,12,17H2,1-2H3. The van der Waals surface area contributed by atoms with Crippen LogP contribution in [0, 0.1) is 5.41 Å². The molecule has 1 fully saturated rings. The van der Waals surface area contributed by atoms with E-state index in [2.05, 4.69) is 12.2 Å². The highest BCUT2D eigenvalue weighted by molar-refractivity contribution is 5.61. The smallest absolute Gasteiger partial charge is 0.144 e. The van der Waals surface area contributed by atoms with Gasteiger partial charge in [-0.2, -0.15) is 0 Å². The molecule has 2 rings (SSSR count). The highest BCUT2D eigenvalue weighted by Gasteiger charge is 2.41. The summed E-state index contributed by atoms with van der Waals surface area (Å²) in [7, 11) is 1.76. The van der Waals surface area contributed by atoms with Crippen LogP contribution >= 0.6 is 0 Å². The number of benzene rings is 1. The first kappa shape index (κ1) is 15.0. The third kappa shape index (κ3) is 4.04. The summed E-state index contributed by atoms with van der Waals surface area (Å²) in [4.78, 5) is 0. The topological polar surface area (TPSA) is 56.5 Å². The van der Waals surface area contributed by atoms with Crippen LogP contribution in [-0.4, -0.2) is 26.9 Å². The van der Waals surface area contributed by atoms with Crippen LogP contribution in [0.25, 0.3) is 0 Å². The average Bonchev–Trinajstić information content (AvgIpc) is 3.23. The van der Waals surface area contributed by atoms with E-state index in [0.29, 0.717) is 17.7 Å². The Morgan fingerprint density at radius 3 is 2.75 bits per heavy atom. The van der Waals surface area contributed by atoms with Gasteiger partial charge in [-0.3, -0.25) is 0 Å². The fraction of sp³-hybridized carbons (Fsp3) is 0.625. The lowest BCUT2D eigenvalue weighted by Crippen LogP contribution is -2.17. The highest BCUT2D eigenvalue weighted by Crippen LogP contribution is 2.48. The molecule has 20 heavy (non-hydrogen) atoms. The normalized spacial score (nSPS) is 15.9. The van der Waals surface area contributed by atoms with Gasteiger partial charge in [0.2, 0.25) is 0 Å². The molecule has 1 aliphatic rings. The minimum Gasteiger partial charge on any atom is -0.491 e. The van der Waals surface area contributed by atoms with Crippen LogP contribution in [0.2, 0.25) is 0 Å². The summed E-state index contributed by atoms with van der Waals surface area (Å²) in [6.45, 7) is 4.62. The monoisotopic (exact) mass is 278 g/mol. The van der Waals surface area contributed by atoms with Crippen molar-refractivity contribution < 1.29 is 9.47 Å². The number of methoxy groups -OCH3 is 1. The number of ether oxygens (including phenoxy) is 2. The van der Waals surface area contributed by atoms with Gasteiger partial charge in [0.05, 0.1) is 12.3 Å². The average molecular weight is 278 g/mol. The lowest BCUT2D eigenvalue weighted by Gasteiger charge is -2.17. The minimum absolute atomic E-state index is 0.432. The summed E-state index contributed by atoms with van der Waals surface area (Å²) in [5.74, 6) is 0.776. The van der Waals surface area contributed by atoms with E-state index < -0.39 is 0 Å². The number of hydrogen-bond acceptors (Lipinski definition) is 4. The van der Waals surface area contributed by atoms with E-state index >= 15 is 0 Å². The van der Waals surface area contributed by atoms with E-state index in [0.717, 1.165) is 37.4 Å². The molecule has 0 spiro atoms. The summed E-state index contributed by atoms with van der Waals surface area (Å²) >= 11 is 0. The van der Waals surface area contributed by atoms with E-state index in [1.165, 1.54) is 12.8 Å². The number of nitrogens with two attached hydrogens (primary N) is 1. The highest BCUT2D eigenvalue weighted by atomic mass is 16.5. The van der Waals surface area contributed by atoms with E-state index in [1.54, 1.807) is 7.11 Å². The Morgan fingerprint density at radius 1 is 1.30 bits per heavy atom. The Morgan fingerprint density at radius 2 is 2.10 bits per heavy atom. The Bertz CT molecular complexity index is 430. The molecule has 1 aliphatic carbocycles. The molecule has 0 aliphatic heterocycles. The predicted molar refractivity (Wildman–Crippen MR) is 83.3 cm³/mol. The summed E-state index contributed by atoms with van der Waals surface area (Å²) in [5, 5.41) is 3.51. The number of rotatable bonds is 9. The zero-order valence-corrected chi connectivity index (χ0v) is 12.6. The first-order valence-corrected chi connectivity index (χ1v) is 7.44. The molecule has 0 amide bonds. The third-order valence-electron chi connectivity index (χ3n) is 3.94. The van der Waals surface area contributed by atoms with Gasteiger partial charge in [-0.25, -0.2) is 0 Å². The zero-order valence-electron chi connectivity index (χ0n) is 12.6. The number of nitrogens with one attached hydrogen (secondary N) is 1. The number of anilines is 2. The van der Waals surface area contributed by atoms with Crippen molar-refractivity contribution in [3.8, 4) is 5.75 Å². The third-order valence-corrected chi connectivity index (χ3v) is 3.94. The first-order chi connectivity index (χ1) is 9.69. The maximum atomic E-state index is 5.92. The van der Waals surface area contributed by atoms with Crippen LogP contribution in [0.15, 0.2) is 18.2 Å². The van der Waals surface area contributed by atoms with Gasteiger partial charge in [-0.15, -0.1) is 0 Å². The van der Waals surface area contributed by atoms with Gasteiger partial charge in [-0.1, -0.05) is 6.92 Å². The Balaban J connectivity index is 1.89. The van der Waals surface area contributed by atoms with Crippen LogP contribution in [-0.2, 0) is 4.74 Å². The number of nitrogen functional groups attached to an aromatic ring is 1. The Hall–Kier alpha value is -1.42. The molecule has 1 saturated carbocycles. The molecule has 0 heterocycles. The van der Waals surface area contributed by atoms with E-state index in [-0.39, 0.29) is 0 Å². The summed E-state index contributed by atoms with van der Waals surface area (Å²) in [6.07, 6.45) is 4.69. The minimum atomic E-state index is 0.432. The van der Waals surface area contributed by atoms with Crippen molar-refractivity contribution >= 4 is 11.4 Å². The molecule has 0 unspecified atom stereocenters. The molecule has 0 atom stereocenters. The van der Waals surface area contributed by atoms with Crippen molar-refractivity contribution in [1.82, 2.24) is 0 Å². The summed E-state index contributed by atoms with van der Waals surface area (Å²) < 4.78 is 10.8. The van der Waals surface area contributed by atoms with Crippen molar-refractivity contribution in [2.45, 2.75) is 32.6 Å². The quantitative estimate of drug-likeness (QED) is 0.681. The fourth-order valence-electron chi connectivity index (χ4n) is 2.28. The van der Waals surface area contributed by atoms with Crippen LogP contribution in [0.5, 0.6) is 5.75 Å². The van der Waals surface area contributed by atoms with Gasteiger partial charge in [0.15, 0.2) is 0 Å². The molecule has 4 heteroatoms. The predicted octanol–water partition coefficient (Wildman–Crippen LogP) is 3.29. The molecule has 4 nitrogen and oxygen atoms in total. The lowest BCUT2D eigenvalue weighted by atomic mass is 10.0. The van der Waals surface area contributed by atoms with Gasteiger partial charge in [0.25, 0.3) is 0 Å². The van der Waals surface area contributed by atoms with E-state index in [9.17, 15) is 0 Å². The first-order valence-electron chi connectivity index (χ1n) is 7.44. The van der Waals surface area contributed by atoms with Crippen LogP contribution in [0.1, 0.15) is 32.6 Å². The zero-order chi connectivity index (χ0) is 14.4. The van der Waals surface area contributed by atoms with Crippen LogP contribution < -0.4 is 15.8 Å². The molecule has 3 N–H and O–H groups in total. The molecule has 0 bridgehead atoms. The van der Waals surface area contributed by atoms with Crippen LogP contribution in [0.4, 0.5) is 11.4 Å². The molecule has 1 aromatic carbocycles. The van der Waals surface area contributed by atoms with Crippen LogP contribution in [0.3, 0.4) is 0 Å². The largest absolute Gasteiger partial charge is 0.491 e. The summed E-state index contributed by atoms with van der Waals surface area (Å²) in [6, 6.07) is 5.92. The molecule has 0 saturated heterocycles. The molecule has 112 valence electrons. The molecule has 0 radical (unpaired) electrons. The second-order valence-corrected chi connectivity index (χ2v) is 5.70. The molecule has 1 aromatic rings. The molecule has 0 aromatic heterocycles. The lowest BCUT2D eigenvalue weighted by molar-refractivity contribution is 0.175. The van der Waals surface area contributed by atoms with Crippen molar-refractivity contribution in [1.29, 1.82) is 0 Å².